The van der Waals surface area contributed by atoms with Crippen LogP contribution in [0.3, 0.4) is 0 Å². The lowest BCUT2D eigenvalue weighted by Gasteiger charge is -2.16. The first kappa shape index (κ1) is 15.1. The third kappa shape index (κ3) is 3.86. The van der Waals surface area contributed by atoms with E-state index in [1.807, 2.05) is 19.2 Å². The van der Waals surface area contributed by atoms with Gasteiger partial charge < -0.3 is 10.8 Å². The van der Waals surface area contributed by atoms with E-state index < -0.39 is 0 Å². The first-order valence-corrected chi connectivity index (χ1v) is 7.64. The highest BCUT2D eigenvalue weighted by Crippen LogP contribution is 2.27. The summed E-state index contributed by atoms with van der Waals surface area (Å²) in [5.41, 5.74) is 9.04. The predicted molar refractivity (Wildman–Crippen MR) is 83.7 cm³/mol. The average Bonchev–Trinajstić information content (AvgIpc) is 2.88. The summed E-state index contributed by atoms with van der Waals surface area (Å²) in [4.78, 5) is 6.76. The number of aromatic nitrogens is 1. The second-order valence-corrected chi connectivity index (χ2v) is 5.66. The Balaban J connectivity index is 2.22. The van der Waals surface area contributed by atoms with Gasteiger partial charge in [0.1, 0.15) is 5.01 Å². The largest absolute Gasteiger partial charge is 0.395 e. The molecule has 4 nitrogen and oxygen atoms in total. The third-order valence-corrected chi connectivity index (χ3v) is 4.05. The molecule has 0 atom stereocenters. The summed E-state index contributed by atoms with van der Waals surface area (Å²) < 4.78 is 0. The van der Waals surface area contributed by atoms with Crippen LogP contribution >= 0.6 is 11.3 Å². The van der Waals surface area contributed by atoms with Crippen molar-refractivity contribution in [1.82, 2.24) is 9.88 Å². The minimum Gasteiger partial charge on any atom is -0.395 e. The maximum atomic E-state index is 9.00. The van der Waals surface area contributed by atoms with Gasteiger partial charge in [0.05, 0.1) is 12.3 Å². The van der Waals surface area contributed by atoms with Crippen molar-refractivity contribution in [3.63, 3.8) is 0 Å². The van der Waals surface area contributed by atoms with Crippen LogP contribution in [-0.2, 0) is 13.0 Å². The number of hydrogen-bond acceptors (Lipinski definition) is 5. The first-order chi connectivity index (χ1) is 9.74. The highest BCUT2D eigenvalue weighted by Gasteiger charge is 2.10. The molecule has 5 heteroatoms. The summed E-state index contributed by atoms with van der Waals surface area (Å²) in [5, 5.41) is 12.1. The molecular formula is C15H21N3OS. The summed E-state index contributed by atoms with van der Waals surface area (Å²) in [7, 11) is 2.01. The maximum Gasteiger partial charge on any atom is 0.123 e. The Kier molecular flexibility index (Phi) is 5.67. The summed E-state index contributed by atoms with van der Waals surface area (Å²) in [6, 6.07) is 8.30. The fourth-order valence-electron chi connectivity index (χ4n) is 2.10. The van der Waals surface area contributed by atoms with Gasteiger partial charge in [-0.3, -0.25) is 4.90 Å². The SMILES string of the molecule is CN(CCO)Cc1ccccc1-c1nc(CCN)cs1. The molecule has 0 amide bonds. The Morgan fingerprint density at radius 1 is 1.35 bits per heavy atom. The van der Waals surface area contributed by atoms with Crippen molar-refractivity contribution in [2.45, 2.75) is 13.0 Å². The molecule has 0 unspecified atom stereocenters. The van der Waals surface area contributed by atoms with Gasteiger partial charge in [0, 0.05) is 30.5 Å². The summed E-state index contributed by atoms with van der Waals surface area (Å²) in [6.07, 6.45) is 0.823. The Morgan fingerprint density at radius 3 is 2.90 bits per heavy atom. The fourth-order valence-corrected chi connectivity index (χ4v) is 3.02. The maximum absolute atomic E-state index is 9.00. The summed E-state index contributed by atoms with van der Waals surface area (Å²) in [5.74, 6) is 0. The minimum atomic E-state index is 0.177. The van der Waals surface area contributed by atoms with Gasteiger partial charge >= 0.3 is 0 Å². The molecule has 0 fully saturated rings. The van der Waals surface area contributed by atoms with Gasteiger partial charge in [0.2, 0.25) is 0 Å². The van der Waals surface area contributed by atoms with Crippen molar-refractivity contribution in [3.8, 4) is 10.6 Å². The smallest absolute Gasteiger partial charge is 0.123 e. The molecule has 0 radical (unpaired) electrons. The van der Waals surface area contributed by atoms with Crippen LogP contribution in [0.25, 0.3) is 10.6 Å². The van der Waals surface area contributed by atoms with Crippen molar-refractivity contribution in [3.05, 3.63) is 40.9 Å². The molecular weight excluding hydrogens is 270 g/mol. The van der Waals surface area contributed by atoms with Gasteiger partial charge in [-0.1, -0.05) is 24.3 Å². The third-order valence-electron chi connectivity index (χ3n) is 3.12. The standard InChI is InChI=1S/C15H21N3OS/c1-18(8-9-19)10-12-4-2-3-5-14(12)15-17-13(6-7-16)11-20-15/h2-5,11,19H,6-10,16H2,1H3. The van der Waals surface area contributed by atoms with Gasteiger partial charge in [-0.2, -0.15) is 0 Å². The monoisotopic (exact) mass is 291 g/mol. The van der Waals surface area contributed by atoms with Gasteiger partial charge in [-0.25, -0.2) is 4.98 Å². The molecule has 1 aromatic carbocycles. The summed E-state index contributed by atoms with van der Waals surface area (Å²) in [6.45, 7) is 2.29. The van der Waals surface area contributed by atoms with Crippen LogP contribution in [0, 0.1) is 0 Å². The number of nitrogens with two attached hydrogens (primary N) is 1. The molecule has 2 rings (SSSR count). The quantitative estimate of drug-likeness (QED) is 0.815. The highest BCUT2D eigenvalue weighted by atomic mass is 32.1. The van der Waals surface area contributed by atoms with E-state index in [1.54, 1.807) is 11.3 Å². The molecule has 0 aliphatic carbocycles. The number of aliphatic hydroxyl groups is 1. The molecule has 0 aliphatic heterocycles. The van der Waals surface area contributed by atoms with Gasteiger partial charge in [-0.15, -0.1) is 11.3 Å². The molecule has 1 heterocycles. The normalized spacial score (nSPS) is 11.2. The number of aliphatic hydroxyl groups excluding tert-OH is 1. The second-order valence-electron chi connectivity index (χ2n) is 4.80. The van der Waals surface area contributed by atoms with Gasteiger partial charge in [-0.05, 0) is 19.2 Å². The van der Waals surface area contributed by atoms with Gasteiger partial charge in [0.25, 0.3) is 0 Å². The lowest BCUT2D eigenvalue weighted by Crippen LogP contribution is -2.21. The van der Waals surface area contributed by atoms with Crippen molar-refractivity contribution in [2.75, 3.05) is 26.7 Å². The zero-order valence-corrected chi connectivity index (χ0v) is 12.6. The van der Waals surface area contributed by atoms with E-state index in [0.29, 0.717) is 13.1 Å². The van der Waals surface area contributed by atoms with Crippen LogP contribution in [0.1, 0.15) is 11.3 Å². The van der Waals surface area contributed by atoms with E-state index >= 15 is 0 Å². The van der Waals surface area contributed by atoms with Gasteiger partial charge in [0.15, 0.2) is 0 Å². The average molecular weight is 291 g/mol. The fraction of sp³-hybridized carbons (Fsp3) is 0.400. The molecule has 0 saturated carbocycles. The zero-order chi connectivity index (χ0) is 14.4. The Labute approximate surface area is 123 Å². The van der Waals surface area contributed by atoms with Crippen molar-refractivity contribution in [1.29, 1.82) is 0 Å². The van der Waals surface area contributed by atoms with Crippen molar-refractivity contribution >= 4 is 11.3 Å². The van der Waals surface area contributed by atoms with E-state index in [9.17, 15) is 0 Å². The Morgan fingerprint density at radius 2 is 2.15 bits per heavy atom. The van der Waals surface area contributed by atoms with Crippen LogP contribution in [0.5, 0.6) is 0 Å². The van der Waals surface area contributed by atoms with E-state index in [4.69, 9.17) is 10.8 Å². The zero-order valence-electron chi connectivity index (χ0n) is 11.7. The number of hydrogen-bond donors (Lipinski definition) is 2. The molecule has 2 aromatic rings. The number of benzene rings is 1. The second kappa shape index (κ2) is 7.50. The lowest BCUT2D eigenvalue weighted by molar-refractivity contribution is 0.217. The molecule has 1 aromatic heterocycles. The molecule has 3 N–H and O–H groups in total. The minimum absolute atomic E-state index is 0.177. The van der Waals surface area contributed by atoms with E-state index in [2.05, 4.69) is 27.4 Å². The predicted octanol–water partition coefficient (Wildman–Crippen LogP) is 1.74. The lowest BCUT2D eigenvalue weighted by atomic mass is 10.1. The van der Waals surface area contributed by atoms with Crippen LogP contribution in [0.15, 0.2) is 29.6 Å². The highest BCUT2D eigenvalue weighted by molar-refractivity contribution is 7.13. The van der Waals surface area contributed by atoms with E-state index in [-0.39, 0.29) is 6.61 Å². The van der Waals surface area contributed by atoms with Crippen LogP contribution in [0.2, 0.25) is 0 Å². The first-order valence-electron chi connectivity index (χ1n) is 6.76. The summed E-state index contributed by atoms with van der Waals surface area (Å²) >= 11 is 1.66. The van der Waals surface area contributed by atoms with E-state index in [1.165, 1.54) is 11.1 Å². The molecule has 0 spiro atoms. The Bertz CT molecular complexity index is 541. The number of likely N-dealkylation sites (N-methyl/N-ethyl adjacent to an activating group) is 1. The molecule has 0 bridgehead atoms. The molecule has 108 valence electrons. The number of thiazole rings is 1. The van der Waals surface area contributed by atoms with Crippen molar-refractivity contribution in [2.24, 2.45) is 5.73 Å². The molecule has 0 saturated heterocycles. The number of rotatable bonds is 7. The van der Waals surface area contributed by atoms with Crippen LogP contribution < -0.4 is 5.73 Å². The van der Waals surface area contributed by atoms with E-state index in [0.717, 1.165) is 23.7 Å². The van der Waals surface area contributed by atoms with Crippen molar-refractivity contribution < 1.29 is 5.11 Å². The Hall–Kier alpha value is -1.27. The molecule has 0 aliphatic rings. The topological polar surface area (TPSA) is 62.4 Å². The van der Waals surface area contributed by atoms with Crippen LogP contribution in [-0.4, -0.2) is 41.7 Å². The number of nitrogens with zero attached hydrogens (tertiary/aromatic N) is 2. The van der Waals surface area contributed by atoms with Crippen LogP contribution in [0.4, 0.5) is 0 Å². The molecule has 20 heavy (non-hydrogen) atoms.